The van der Waals surface area contributed by atoms with E-state index in [1.165, 1.54) is 44.4 Å². The Morgan fingerprint density at radius 2 is 1.53 bits per heavy atom. The van der Waals surface area contributed by atoms with Crippen LogP contribution in [-0.4, -0.2) is 4.98 Å². The molecular weight excluding hydrogens is 230 g/mol. The topological polar surface area (TPSA) is 15.8 Å². The summed E-state index contributed by atoms with van der Waals surface area (Å²) in [7, 11) is 0. The Kier molecular flexibility index (Phi) is 2.70. The van der Waals surface area contributed by atoms with Gasteiger partial charge in [0.25, 0.3) is 0 Å². The molecule has 0 atom stereocenters. The lowest BCUT2D eigenvalue weighted by Crippen LogP contribution is -1.83. The molecule has 1 aromatic heterocycles. The van der Waals surface area contributed by atoms with Crippen molar-refractivity contribution in [2.24, 2.45) is 0 Å². The summed E-state index contributed by atoms with van der Waals surface area (Å²) in [5, 5.41) is 1.32. The third-order valence-corrected chi connectivity index (χ3v) is 3.91. The molecule has 0 saturated heterocycles. The maximum atomic E-state index is 3.54. The minimum Gasteiger partial charge on any atom is -0.355 e. The van der Waals surface area contributed by atoms with E-state index in [9.17, 15) is 0 Å². The SMILES string of the molecule is Cc1cc(C)c2cc(-c3ccc(C)c(C)c3)[nH]c2c1. The number of aryl methyl sites for hydroxylation is 4. The van der Waals surface area contributed by atoms with Gasteiger partial charge in [-0.2, -0.15) is 0 Å². The molecule has 0 amide bonds. The van der Waals surface area contributed by atoms with Gasteiger partial charge in [0.1, 0.15) is 0 Å². The highest BCUT2D eigenvalue weighted by Crippen LogP contribution is 2.28. The second-order valence-corrected chi connectivity index (χ2v) is 5.53. The van der Waals surface area contributed by atoms with E-state index in [2.05, 4.69) is 69.1 Å². The molecule has 0 unspecified atom stereocenters. The summed E-state index contributed by atoms with van der Waals surface area (Å²) in [4.78, 5) is 3.54. The first-order chi connectivity index (χ1) is 9.04. The number of rotatable bonds is 1. The lowest BCUT2D eigenvalue weighted by atomic mass is 10.0. The van der Waals surface area contributed by atoms with Crippen LogP contribution in [0.4, 0.5) is 0 Å². The third-order valence-electron chi connectivity index (χ3n) is 3.91. The molecule has 0 aliphatic rings. The normalized spacial score (nSPS) is 11.2. The molecule has 0 saturated carbocycles. The predicted octanol–water partition coefficient (Wildman–Crippen LogP) is 5.07. The fraction of sp³-hybridized carbons (Fsp3) is 0.222. The first-order valence-electron chi connectivity index (χ1n) is 6.72. The summed E-state index contributed by atoms with van der Waals surface area (Å²) in [6.45, 7) is 8.63. The summed E-state index contributed by atoms with van der Waals surface area (Å²) in [6, 6.07) is 13.3. The molecule has 3 rings (SSSR count). The number of fused-ring (bicyclic) bond motifs is 1. The average molecular weight is 249 g/mol. The quantitative estimate of drug-likeness (QED) is 0.620. The highest BCUT2D eigenvalue weighted by atomic mass is 14.7. The van der Waals surface area contributed by atoms with E-state index in [1.54, 1.807) is 0 Å². The molecule has 1 N–H and O–H groups in total. The molecule has 0 radical (unpaired) electrons. The molecule has 3 aromatic rings. The van der Waals surface area contributed by atoms with Gasteiger partial charge in [-0.1, -0.05) is 18.2 Å². The van der Waals surface area contributed by atoms with Gasteiger partial charge in [0.2, 0.25) is 0 Å². The van der Waals surface area contributed by atoms with Crippen LogP contribution >= 0.6 is 0 Å². The monoisotopic (exact) mass is 249 g/mol. The van der Waals surface area contributed by atoms with Gasteiger partial charge in [-0.3, -0.25) is 0 Å². The van der Waals surface area contributed by atoms with Crippen LogP contribution in [0.5, 0.6) is 0 Å². The molecular formula is C18H19N. The maximum Gasteiger partial charge on any atom is 0.0464 e. The molecule has 0 aliphatic carbocycles. The van der Waals surface area contributed by atoms with E-state index < -0.39 is 0 Å². The predicted molar refractivity (Wildman–Crippen MR) is 82.7 cm³/mol. The molecule has 0 fully saturated rings. The maximum absolute atomic E-state index is 3.54. The van der Waals surface area contributed by atoms with E-state index in [0.717, 1.165) is 0 Å². The van der Waals surface area contributed by atoms with Gasteiger partial charge in [0.15, 0.2) is 0 Å². The molecule has 0 bridgehead atoms. The third kappa shape index (κ3) is 2.06. The van der Waals surface area contributed by atoms with Crippen LogP contribution in [-0.2, 0) is 0 Å². The average Bonchev–Trinajstić information content (AvgIpc) is 2.76. The van der Waals surface area contributed by atoms with E-state index >= 15 is 0 Å². The van der Waals surface area contributed by atoms with E-state index in [-0.39, 0.29) is 0 Å². The van der Waals surface area contributed by atoms with Crippen LogP contribution < -0.4 is 0 Å². The number of hydrogen-bond acceptors (Lipinski definition) is 0. The lowest BCUT2D eigenvalue weighted by molar-refractivity contribution is 1.33. The summed E-state index contributed by atoms with van der Waals surface area (Å²) >= 11 is 0. The minimum atomic E-state index is 1.20. The molecule has 19 heavy (non-hydrogen) atoms. The van der Waals surface area contributed by atoms with Gasteiger partial charge in [-0.25, -0.2) is 0 Å². The Balaban J connectivity index is 2.20. The van der Waals surface area contributed by atoms with E-state index in [0.29, 0.717) is 0 Å². The Hall–Kier alpha value is -2.02. The first kappa shape index (κ1) is 12.0. The second kappa shape index (κ2) is 4.27. The highest BCUT2D eigenvalue weighted by molar-refractivity contribution is 5.89. The van der Waals surface area contributed by atoms with Gasteiger partial charge >= 0.3 is 0 Å². The zero-order valence-electron chi connectivity index (χ0n) is 12.0. The molecule has 0 aliphatic heterocycles. The molecule has 0 spiro atoms. The van der Waals surface area contributed by atoms with Crippen LogP contribution in [0.2, 0.25) is 0 Å². The molecule has 96 valence electrons. The van der Waals surface area contributed by atoms with Crippen molar-refractivity contribution < 1.29 is 0 Å². The fourth-order valence-electron chi connectivity index (χ4n) is 2.66. The van der Waals surface area contributed by atoms with Crippen molar-refractivity contribution in [2.45, 2.75) is 27.7 Å². The molecule has 2 aromatic carbocycles. The van der Waals surface area contributed by atoms with Gasteiger partial charge < -0.3 is 4.98 Å². The zero-order valence-corrected chi connectivity index (χ0v) is 12.0. The van der Waals surface area contributed by atoms with Crippen molar-refractivity contribution in [1.29, 1.82) is 0 Å². The molecule has 1 heteroatoms. The highest BCUT2D eigenvalue weighted by Gasteiger charge is 2.06. The van der Waals surface area contributed by atoms with Crippen molar-refractivity contribution in [3.8, 4) is 11.3 Å². The Morgan fingerprint density at radius 3 is 2.26 bits per heavy atom. The largest absolute Gasteiger partial charge is 0.355 e. The Bertz CT molecular complexity index is 763. The van der Waals surface area contributed by atoms with Crippen molar-refractivity contribution in [1.82, 2.24) is 4.98 Å². The summed E-state index contributed by atoms with van der Waals surface area (Å²) in [5.41, 5.74) is 9.00. The van der Waals surface area contributed by atoms with Gasteiger partial charge in [0, 0.05) is 16.6 Å². The van der Waals surface area contributed by atoms with Crippen LogP contribution in [0.1, 0.15) is 22.3 Å². The van der Waals surface area contributed by atoms with Crippen LogP contribution in [0.25, 0.3) is 22.2 Å². The van der Waals surface area contributed by atoms with Crippen molar-refractivity contribution in [3.63, 3.8) is 0 Å². The van der Waals surface area contributed by atoms with Crippen LogP contribution in [0, 0.1) is 27.7 Å². The van der Waals surface area contributed by atoms with Crippen LogP contribution in [0.3, 0.4) is 0 Å². The fourth-order valence-corrected chi connectivity index (χ4v) is 2.66. The van der Waals surface area contributed by atoms with Crippen molar-refractivity contribution in [2.75, 3.05) is 0 Å². The number of aromatic amines is 1. The minimum absolute atomic E-state index is 1.20. The number of H-pyrrole nitrogens is 1. The van der Waals surface area contributed by atoms with Crippen molar-refractivity contribution >= 4 is 10.9 Å². The summed E-state index contributed by atoms with van der Waals surface area (Å²) in [6.07, 6.45) is 0. The summed E-state index contributed by atoms with van der Waals surface area (Å²) in [5.74, 6) is 0. The van der Waals surface area contributed by atoms with Crippen LogP contribution in [0.15, 0.2) is 36.4 Å². The Morgan fingerprint density at radius 1 is 0.737 bits per heavy atom. The molecule has 1 heterocycles. The zero-order chi connectivity index (χ0) is 13.6. The van der Waals surface area contributed by atoms with Gasteiger partial charge in [0.05, 0.1) is 0 Å². The number of aromatic nitrogens is 1. The molecule has 1 nitrogen and oxygen atoms in total. The second-order valence-electron chi connectivity index (χ2n) is 5.53. The number of nitrogens with one attached hydrogen (secondary N) is 1. The van der Waals surface area contributed by atoms with E-state index in [4.69, 9.17) is 0 Å². The lowest BCUT2D eigenvalue weighted by Gasteiger charge is -2.03. The summed E-state index contributed by atoms with van der Waals surface area (Å²) < 4.78 is 0. The van der Waals surface area contributed by atoms with Crippen molar-refractivity contribution in [3.05, 3.63) is 58.7 Å². The van der Waals surface area contributed by atoms with Gasteiger partial charge in [-0.05, 0) is 73.7 Å². The number of benzene rings is 2. The number of hydrogen-bond donors (Lipinski definition) is 1. The standard InChI is InChI=1S/C18H19N/c1-11-7-14(4)16-10-17(19-18(16)8-11)15-6-5-12(2)13(3)9-15/h5-10,19H,1-4H3. The first-order valence-corrected chi connectivity index (χ1v) is 6.72. The Labute approximate surface area is 114 Å². The van der Waals surface area contributed by atoms with E-state index in [1.807, 2.05) is 0 Å². The van der Waals surface area contributed by atoms with Gasteiger partial charge in [-0.15, -0.1) is 0 Å². The smallest absolute Gasteiger partial charge is 0.0464 e.